The largest absolute Gasteiger partial charge is 0.384 e. The van der Waals surface area contributed by atoms with Gasteiger partial charge in [0.15, 0.2) is 0 Å². The van der Waals surface area contributed by atoms with Crippen molar-refractivity contribution in [2.45, 2.75) is 6.92 Å². The molecule has 0 atom stereocenters. The van der Waals surface area contributed by atoms with Gasteiger partial charge in [-0.1, -0.05) is 0 Å². The van der Waals surface area contributed by atoms with Gasteiger partial charge in [-0.05, 0) is 19.1 Å². The number of aromatic nitrogens is 1. The number of nitrogen functional groups attached to an aromatic ring is 1. The third kappa shape index (κ3) is 1.92. The van der Waals surface area contributed by atoms with Crippen LogP contribution in [0.4, 0.5) is 11.5 Å². The van der Waals surface area contributed by atoms with Crippen molar-refractivity contribution in [1.29, 1.82) is 0 Å². The van der Waals surface area contributed by atoms with Crippen molar-refractivity contribution in [3.8, 4) is 0 Å². The highest BCUT2D eigenvalue weighted by molar-refractivity contribution is 5.95. The molecule has 0 aromatic carbocycles. The highest BCUT2D eigenvalue weighted by atomic mass is 16.5. The maximum absolute atomic E-state index is 11.6. The van der Waals surface area contributed by atoms with E-state index in [0.717, 1.165) is 11.4 Å². The topological polar surface area (TPSA) is 68.4 Å². The van der Waals surface area contributed by atoms with E-state index in [-0.39, 0.29) is 12.5 Å². The molecule has 0 saturated carbocycles. The number of pyridine rings is 1. The van der Waals surface area contributed by atoms with Crippen molar-refractivity contribution in [2.75, 3.05) is 30.4 Å². The molecule has 15 heavy (non-hydrogen) atoms. The molecule has 80 valence electrons. The van der Waals surface area contributed by atoms with Crippen LogP contribution in [0.25, 0.3) is 0 Å². The average molecular weight is 207 g/mol. The summed E-state index contributed by atoms with van der Waals surface area (Å²) in [7, 11) is 0. The monoisotopic (exact) mass is 207 g/mol. The van der Waals surface area contributed by atoms with Gasteiger partial charge in [0.2, 0.25) is 0 Å². The van der Waals surface area contributed by atoms with Crippen LogP contribution in [-0.4, -0.2) is 30.6 Å². The van der Waals surface area contributed by atoms with E-state index in [1.165, 1.54) is 0 Å². The lowest BCUT2D eigenvalue weighted by Gasteiger charge is -2.27. The minimum absolute atomic E-state index is 0.0316. The zero-order chi connectivity index (χ0) is 10.8. The van der Waals surface area contributed by atoms with Gasteiger partial charge in [-0.25, -0.2) is 4.98 Å². The lowest BCUT2D eigenvalue weighted by molar-refractivity contribution is -0.125. The van der Waals surface area contributed by atoms with Crippen molar-refractivity contribution in [1.82, 2.24) is 4.98 Å². The second-order valence-electron chi connectivity index (χ2n) is 3.44. The summed E-state index contributed by atoms with van der Waals surface area (Å²) in [5, 5.41) is 0. The van der Waals surface area contributed by atoms with Gasteiger partial charge in [-0.15, -0.1) is 0 Å². The number of morpholine rings is 1. The van der Waals surface area contributed by atoms with Crippen molar-refractivity contribution < 1.29 is 9.53 Å². The van der Waals surface area contributed by atoms with E-state index in [2.05, 4.69) is 4.98 Å². The normalized spacial score (nSPS) is 16.9. The second-order valence-corrected chi connectivity index (χ2v) is 3.44. The number of nitrogens with zero attached hydrogens (tertiary/aromatic N) is 2. The standard InChI is InChI=1S/C10H13N3O2/c1-7-8(2-3-9(11)12-7)13-4-5-15-6-10(13)14/h2-3H,4-6H2,1H3,(H2,11,12). The van der Waals surface area contributed by atoms with Crippen LogP contribution in [0, 0.1) is 6.92 Å². The highest BCUT2D eigenvalue weighted by Crippen LogP contribution is 2.20. The maximum atomic E-state index is 11.6. The zero-order valence-electron chi connectivity index (χ0n) is 8.56. The first-order valence-corrected chi connectivity index (χ1v) is 4.80. The van der Waals surface area contributed by atoms with Crippen LogP contribution in [0.15, 0.2) is 12.1 Å². The number of hydrogen-bond donors (Lipinski definition) is 1. The van der Waals surface area contributed by atoms with Crippen LogP contribution >= 0.6 is 0 Å². The number of carbonyl (C=O) groups excluding carboxylic acids is 1. The number of nitrogens with two attached hydrogens (primary N) is 1. The molecule has 0 unspecified atom stereocenters. The van der Waals surface area contributed by atoms with Gasteiger partial charge in [0.1, 0.15) is 12.4 Å². The van der Waals surface area contributed by atoms with Gasteiger partial charge in [-0.2, -0.15) is 0 Å². The molecule has 1 fully saturated rings. The minimum atomic E-state index is -0.0316. The first-order chi connectivity index (χ1) is 7.18. The average Bonchev–Trinajstić information content (AvgIpc) is 2.20. The van der Waals surface area contributed by atoms with Crippen LogP contribution in [0.3, 0.4) is 0 Å². The molecule has 5 heteroatoms. The Morgan fingerprint density at radius 2 is 2.33 bits per heavy atom. The Labute approximate surface area is 87.8 Å². The molecule has 1 aromatic heterocycles. The molecule has 1 aliphatic rings. The number of carbonyl (C=O) groups is 1. The van der Waals surface area contributed by atoms with E-state index < -0.39 is 0 Å². The van der Waals surface area contributed by atoms with Gasteiger partial charge in [0, 0.05) is 6.54 Å². The van der Waals surface area contributed by atoms with Crippen molar-refractivity contribution in [2.24, 2.45) is 0 Å². The Morgan fingerprint density at radius 3 is 3.00 bits per heavy atom. The van der Waals surface area contributed by atoms with Gasteiger partial charge in [-0.3, -0.25) is 4.79 Å². The molecule has 0 aliphatic carbocycles. The molecule has 0 spiro atoms. The van der Waals surface area contributed by atoms with Gasteiger partial charge < -0.3 is 15.4 Å². The predicted octanol–water partition coefficient (Wildman–Crippen LogP) is 0.335. The molecule has 5 nitrogen and oxygen atoms in total. The third-order valence-electron chi connectivity index (χ3n) is 2.36. The molecule has 1 aliphatic heterocycles. The number of hydrogen-bond acceptors (Lipinski definition) is 4. The number of amides is 1. The fourth-order valence-corrected chi connectivity index (χ4v) is 1.63. The SMILES string of the molecule is Cc1nc(N)ccc1N1CCOCC1=O. The number of aryl methyl sites for hydroxylation is 1. The molecule has 0 bridgehead atoms. The molecule has 2 heterocycles. The third-order valence-corrected chi connectivity index (χ3v) is 2.36. The Bertz CT molecular complexity index is 392. The fourth-order valence-electron chi connectivity index (χ4n) is 1.63. The van der Waals surface area contributed by atoms with Crippen molar-refractivity contribution >= 4 is 17.4 Å². The molecule has 1 saturated heterocycles. The van der Waals surface area contributed by atoms with E-state index in [9.17, 15) is 4.79 Å². The lowest BCUT2D eigenvalue weighted by Crippen LogP contribution is -2.42. The molecule has 1 aromatic rings. The smallest absolute Gasteiger partial charge is 0.253 e. The summed E-state index contributed by atoms with van der Waals surface area (Å²) in [5.74, 6) is 0.438. The summed E-state index contributed by atoms with van der Waals surface area (Å²) in [4.78, 5) is 17.4. The first kappa shape index (κ1) is 9.92. The van der Waals surface area contributed by atoms with Crippen molar-refractivity contribution in [3.63, 3.8) is 0 Å². The second kappa shape index (κ2) is 3.86. The number of ether oxygens (including phenoxy) is 1. The minimum Gasteiger partial charge on any atom is -0.384 e. The molecular formula is C10H13N3O2. The first-order valence-electron chi connectivity index (χ1n) is 4.80. The van der Waals surface area contributed by atoms with Gasteiger partial charge >= 0.3 is 0 Å². The number of anilines is 2. The quantitative estimate of drug-likeness (QED) is 0.720. The van der Waals surface area contributed by atoms with E-state index >= 15 is 0 Å². The van der Waals surface area contributed by atoms with E-state index in [4.69, 9.17) is 10.5 Å². The highest BCUT2D eigenvalue weighted by Gasteiger charge is 2.21. The Morgan fingerprint density at radius 1 is 1.53 bits per heavy atom. The van der Waals surface area contributed by atoms with Crippen LogP contribution in [-0.2, 0) is 9.53 Å². The molecular weight excluding hydrogens is 194 g/mol. The maximum Gasteiger partial charge on any atom is 0.253 e. The summed E-state index contributed by atoms with van der Waals surface area (Å²) in [6.07, 6.45) is 0. The van der Waals surface area contributed by atoms with Gasteiger partial charge in [0.05, 0.1) is 18.0 Å². The summed E-state index contributed by atoms with van der Waals surface area (Å²) in [6, 6.07) is 3.52. The van der Waals surface area contributed by atoms with E-state index in [1.807, 2.05) is 13.0 Å². The summed E-state index contributed by atoms with van der Waals surface area (Å²) >= 11 is 0. The van der Waals surface area contributed by atoms with Crippen LogP contribution in [0.1, 0.15) is 5.69 Å². The summed E-state index contributed by atoms with van der Waals surface area (Å²) < 4.78 is 5.06. The van der Waals surface area contributed by atoms with Crippen LogP contribution in [0.2, 0.25) is 0 Å². The lowest BCUT2D eigenvalue weighted by atomic mass is 10.2. The molecule has 0 radical (unpaired) electrons. The van der Waals surface area contributed by atoms with E-state index in [0.29, 0.717) is 19.0 Å². The van der Waals surface area contributed by atoms with Crippen LogP contribution < -0.4 is 10.6 Å². The molecule has 2 N–H and O–H groups in total. The molecule has 2 rings (SSSR count). The fraction of sp³-hybridized carbons (Fsp3) is 0.400. The number of rotatable bonds is 1. The Balaban J connectivity index is 2.31. The summed E-state index contributed by atoms with van der Waals surface area (Å²) in [5.41, 5.74) is 7.14. The van der Waals surface area contributed by atoms with Crippen LogP contribution in [0.5, 0.6) is 0 Å². The zero-order valence-corrected chi connectivity index (χ0v) is 8.56. The summed E-state index contributed by atoms with van der Waals surface area (Å²) in [6.45, 7) is 3.12. The van der Waals surface area contributed by atoms with Crippen molar-refractivity contribution in [3.05, 3.63) is 17.8 Å². The Hall–Kier alpha value is -1.62. The Kier molecular flexibility index (Phi) is 2.55. The predicted molar refractivity (Wildman–Crippen MR) is 56.6 cm³/mol. The van der Waals surface area contributed by atoms with E-state index in [1.54, 1.807) is 11.0 Å². The van der Waals surface area contributed by atoms with Gasteiger partial charge in [0.25, 0.3) is 5.91 Å². The molecule has 1 amide bonds.